The van der Waals surface area contributed by atoms with Crippen LogP contribution >= 0.6 is 0 Å². The molecule has 0 bridgehead atoms. The summed E-state index contributed by atoms with van der Waals surface area (Å²) in [6.07, 6.45) is 7.12. The summed E-state index contributed by atoms with van der Waals surface area (Å²) in [4.78, 5) is 8.30. The zero-order valence-corrected chi connectivity index (χ0v) is 8.01. The van der Waals surface area contributed by atoms with Crippen molar-refractivity contribution in [1.29, 1.82) is 0 Å². The van der Waals surface area contributed by atoms with Crippen molar-refractivity contribution in [2.24, 2.45) is 0 Å². The van der Waals surface area contributed by atoms with Gasteiger partial charge in [0.25, 0.3) is 0 Å². The number of anilines is 1. The van der Waals surface area contributed by atoms with E-state index in [1.165, 1.54) is 0 Å². The molecule has 0 amide bonds. The molecule has 0 fully saturated rings. The fraction of sp³-hybridized carbons (Fsp3) is 0.200. The summed E-state index contributed by atoms with van der Waals surface area (Å²) in [5.41, 5.74) is 7.27. The van der Waals surface area contributed by atoms with E-state index in [-0.39, 0.29) is 0 Å². The van der Waals surface area contributed by atoms with Crippen LogP contribution in [0.3, 0.4) is 0 Å². The SMILES string of the molecule is CCn1ccnc1-c1cncc(N)c1. The van der Waals surface area contributed by atoms with Crippen LogP contribution in [0.15, 0.2) is 30.9 Å². The van der Waals surface area contributed by atoms with Gasteiger partial charge in [0.15, 0.2) is 0 Å². The lowest BCUT2D eigenvalue weighted by Crippen LogP contribution is -1.97. The number of hydrogen-bond donors (Lipinski definition) is 1. The monoisotopic (exact) mass is 188 g/mol. The predicted molar refractivity (Wildman–Crippen MR) is 55.5 cm³/mol. The second-order valence-corrected chi connectivity index (χ2v) is 3.04. The Balaban J connectivity index is 2.49. The van der Waals surface area contributed by atoms with Gasteiger partial charge in [0.05, 0.1) is 5.69 Å². The van der Waals surface area contributed by atoms with Crippen LogP contribution < -0.4 is 5.73 Å². The zero-order chi connectivity index (χ0) is 9.97. The van der Waals surface area contributed by atoms with E-state index >= 15 is 0 Å². The van der Waals surface area contributed by atoms with E-state index < -0.39 is 0 Å². The van der Waals surface area contributed by atoms with Gasteiger partial charge in [0.1, 0.15) is 5.82 Å². The third-order valence-corrected chi connectivity index (χ3v) is 2.07. The summed E-state index contributed by atoms with van der Waals surface area (Å²) in [6.45, 7) is 2.97. The second kappa shape index (κ2) is 3.49. The normalized spacial score (nSPS) is 10.4. The minimum atomic E-state index is 0.660. The number of pyridine rings is 1. The fourth-order valence-corrected chi connectivity index (χ4v) is 1.40. The van der Waals surface area contributed by atoms with Crippen molar-refractivity contribution >= 4 is 5.69 Å². The van der Waals surface area contributed by atoms with E-state index in [9.17, 15) is 0 Å². The lowest BCUT2D eigenvalue weighted by atomic mass is 10.2. The Bertz CT molecular complexity index is 433. The van der Waals surface area contributed by atoms with E-state index in [1.807, 2.05) is 12.3 Å². The Kier molecular flexibility index (Phi) is 2.18. The maximum Gasteiger partial charge on any atom is 0.141 e. The first-order valence-electron chi connectivity index (χ1n) is 4.53. The van der Waals surface area contributed by atoms with E-state index in [0.717, 1.165) is 17.9 Å². The summed E-state index contributed by atoms with van der Waals surface area (Å²) in [5, 5.41) is 0. The number of imidazole rings is 1. The minimum Gasteiger partial charge on any atom is -0.397 e. The molecule has 14 heavy (non-hydrogen) atoms. The van der Waals surface area contributed by atoms with E-state index in [0.29, 0.717) is 5.69 Å². The highest BCUT2D eigenvalue weighted by Gasteiger charge is 2.04. The molecule has 0 spiro atoms. The van der Waals surface area contributed by atoms with Gasteiger partial charge in [0, 0.05) is 36.9 Å². The van der Waals surface area contributed by atoms with Crippen molar-refractivity contribution in [3.05, 3.63) is 30.9 Å². The molecule has 4 nitrogen and oxygen atoms in total. The highest BCUT2D eigenvalue weighted by molar-refractivity contribution is 5.59. The molecular weight excluding hydrogens is 176 g/mol. The fourth-order valence-electron chi connectivity index (χ4n) is 1.40. The van der Waals surface area contributed by atoms with Gasteiger partial charge in [-0.05, 0) is 13.0 Å². The summed E-state index contributed by atoms with van der Waals surface area (Å²) in [6, 6.07) is 1.88. The van der Waals surface area contributed by atoms with Crippen LogP contribution in [-0.4, -0.2) is 14.5 Å². The van der Waals surface area contributed by atoms with Crippen molar-refractivity contribution < 1.29 is 0 Å². The molecule has 0 saturated heterocycles. The first-order valence-corrected chi connectivity index (χ1v) is 4.53. The first kappa shape index (κ1) is 8.74. The van der Waals surface area contributed by atoms with Crippen molar-refractivity contribution in [3.8, 4) is 11.4 Å². The molecule has 0 atom stereocenters. The topological polar surface area (TPSA) is 56.7 Å². The van der Waals surface area contributed by atoms with E-state index in [2.05, 4.69) is 21.5 Å². The second-order valence-electron chi connectivity index (χ2n) is 3.04. The van der Waals surface area contributed by atoms with Gasteiger partial charge in [0.2, 0.25) is 0 Å². The molecule has 4 heteroatoms. The Morgan fingerprint density at radius 2 is 2.29 bits per heavy atom. The predicted octanol–water partition coefficient (Wildman–Crippen LogP) is 1.55. The number of nitrogens with zero attached hydrogens (tertiary/aromatic N) is 3. The molecule has 0 aliphatic heterocycles. The van der Waals surface area contributed by atoms with Crippen molar-refractivity contribution in [3.63, 3.8) is 0 Å². The van der Waals surface area contributed by atoms with E-state index in [4.69, 9.17) is 5.73 Å². The number of aromatic nitrogens is 3. The summed E-state index contributed by atoms with van der Waals surface area (Å²) in [5.74, 6) is 0.910. The number of hydrogen-bond acceptors (Lipinski definition) is 3. The molecule has 0 aliphatic rings. The maximum absolute atomic E-state index is 5.66. The average Bonchev–Trinajstić information content (AvgIpc) is 2.65. The quantitative estimate of drug-likeness (QED) is 0.777. The van der Waals surface area contributed by atoms with Gasteiger partial charge in [-0.1, -0.05) is 0 Å². The van der Waals surface area contributed by atoms with Crippen LogP contribution in [0.1, 0.15) is 6.92 Å². The van der Waals surface area contributed by atoms with Gasteiger partial charge in [-0.3, -0.25) is 4.98 Å². The molecule has 2 aromatic rings. The molecule has 2 heterocycles. The van der Waals surface area contributed by atoms with E-state index in [1.54, 1.807) is 18.6 Å². The summed E-state index contributed by atoms with van der Waals surface area (Å²) >= 11 is 0. The Morgan fingerprint density at radius 3 is 3.00 bits per heavy atom. The van der Waals surface area contributed by atoms with Crippen LogP contribution in [0.5, 0.6) is 0 Å². The molecule has 0 unspecified atom stereocenters. The molecule has 72 valence electrons. The van der Waals surface area contributed by atoms with Crippen molar-refractivity contribution in [2.75, 3.05) is 5.73 Å². The minimum absolute atomic E-state index is 0.660. The number of aryl methyl sites for hydroxylation is 1. The smallest absolute Gasteiger partial charge is 0.141 e. The largest absolute Gasteiger partial charge is 0.397 e. The zero-order valence-electron chi connectivity index (χ0n) is 8.01. The highest BCUT2D eigenvalue weighted by atomic mass is 15.1. The van der Waals surface area contributed by atoms with Crippen molar-refractivity contribution in [1.82, 2.24) is 14.5 Å². The molecule has 0 aliphatic carbocycles. The highest BCUT2D eigenvalue weighted by Crippen LogP contribution is 2.17. The molecule has 0 saturated carbocycles. The average molecular weight is 188 g/mol. The molecule has 2 aromatic heterocycles. The Morgan fingerprint density at radius 1 is 1.43 bits per heavy atom. The third-order valence-electron chi connectivity index (χ3n) is 2.07. The standard InChI is InChI=1S/C10H12N4/c1-2-14-4-3-13-10(14)8-5-9(11)7-12-6-8/h3-7H,2,11H2,1H3. The summed E-state index contributed by atoms with van der Waals surface area (Å²) in [7, 11) is 0. The molecule has 0 radical (unpaired) electrons. The Hall–Kier alpha value is -1.84. The lowest BCUT2D eigenvalue weighted by molar-refractivity contribution is 0.770. The van der Waals surface area contributed by atoms with Gasteiger partial charge < -0.3 is 10.3 Å². The maximum atomic E-state index is 5.66. The molecule has 2 N–H and O–H groups in total. The third kappa shape index (κ3) is 1.46. The first-order chi connectivity index (χ1) is 6.81. The van der Waals surface area contributed by atoms with Gasteiger partial charge >= 0.3 is 0 Å². The molecule has 2 rings (SSSR count). The van der Waals surface area contributed by atoms with Crippen LogP contribution in [0, 0.1) is 0 Å². The lowest BCUT2D eigenvalue weighted by Gasteiger charge is -2.04. The van der Waals surface area contributed by atoms with Crippen molar-refractivity contribution in [2.45, 2.75) is 13.5 Å². The van der Waals surface area contributed by atoms with Crippen LogP contribution in [0.4, 0.5) is 5.69 Å². The van der Waals surface area contributed by atoms with Crippen LogP contribution in [-0.2, 0) is 6.54 Å². The molecular formula is C10H12N4. The van der Waals surface area contributed by atoms with Crippen LogP contribution in [0.25, 0.3) is 11.4 Å². The Labute approximate surface area is 82.4 Å². The molecule has 0 aromatic carbocycles. The number of rotatable bonds is 2. The van der Waals surface area contributed by atoms with Gasteiger partial charge in [-0.25, -0.2) is 4.98 Å². The number of nitrogen functional groups attached to an aromatic ring is 1. The van der Waals surface area contributed by atoms with Gasteiger partial charge in [-0.2, -0.15) is 0 Å². The number of nitrogens with two attached hydrogens (primary N) is 1. The van der Waals surface area contributed by atoms with Crippen LogP contribution in [0.2, 0.25) is 0 Å². The van der Waals surface area contributed by atoms with Gasteiger partial charge in [-0.15, -0.1) is 0 Å². The summed E-state index contributed by atoms with van der Waals surface area (Å²) < 4.78 is 2.05.